The van der Waals surface area contributed by atoms with Crippen molar-refractivity contribution < 1.29 is 14.3 Å². The maximum Gasteiger partial charge on any atom is 0.407 e. The monoisotopic (exact) mass is 289 g/mol. The van der Waals surface area contributed by atoms with Crippen molar-refractivity contribution in [2.45, 2.75) is 58.6 Å². The third-order valence-electron chi connectivity index (χ3n) is 3.41. The van der Waals surface area contributed by atoms with Gasteiger partial charge in [-0.25, -0.2) is 4.79 Å². The van der Waals surface area contributed by atoms with E-state index in [2.05, 4.69) is 11.4 Å². The lowest BCUT2D eigenvalue weighted by molar-refractivity contribution is -0.118. The number of carbonyl (C=O) groups is 2. The molecule has 4 heteroatoms. The highest BCUT2D eigenvalue weighted by atomic mass is 16.6. The summed E-state index contributed by atoms with van der Waals surface area (Å²) in [6.45, 7) is 7.50. The number of aryl methyl sites for hydroxylation is 1. The molecule has 0 aliphatic heterocycles. The third kappa shape index (κ3) is 4.59. The number of Topliss-reactive ketones (excluding diaryl/α,β-unsaturated/α-hetero) is 1. The van der Waals surface area contributed by atoms with Crippen molar-refractivity contribution in [3.8, 4) is 0 Å². The van der Waals surface area contributed by atoms with Gasteiger partial charge in [0.05, 0.1) is 0 Å². The lowest BCUT2D eigenvalue weighted by Gasteiger charge is -2.23. The lowest BCUT2D eigenvalue weighted by atomic mass is 9.99. The molecule has 1 atom stereocenters. The molecular formula is C17H23NO3. The topological polar surface area (TPSA) is 55.4 Å². The maximum absolute atomic E-state index is 12.0. The lowest BCUT2D eigenvalue weighted by Crippen LogP contribution is -2.40. The summed E-state index contributed by atoms with van der Waals surface area (Å²) < 4.78 is 5.27. The largest absolute Gasteiger partial charge is 0.444 e. The molecule has 0 spiro atoms. The SMILES string of the molecule is Cc1ccc2c(c1)CC(NC(=O)OC(C)(C)C)CC(=O)C2. The molecular weight excluding hydrogens is 266 g/mol. The number of benzene rings is 1. The van der Waals surface area contributed by atoms with Crippen molar-refractivity contribution in [2.75, 3.05) is 0 Å². The molecule has 21 heavy (non-hydrogen) atoms. The Morgan fingerprint density at radius 2 is 1.95 bits per heavy atom. The zero-order chi connectivity index (χ0) is 15.6. The van der Waals surface area contributed by atoms with E-state index in [1.807, 2.05) is 39.8 Å². The quantitative estimate of drug-likeness (QED) is 0.809. The van der Waals surface area contributed by atoms with E-state index < -0.39 is 11.7 Å². The highest BCUT2D eigenvalue weighted by Gasteiger charge is 2.25. The van der Waals surface area contributed by atoms with E-state index in [1.165, 1.54) is 5.56 Å². The Kier molecular flexibility index (Phi) is 4.35. The molecule has 0 aromatic heterocycles. The number of alkyl carbamates (subject to hydrolysis) is 1. The predicted molar refractivity (Wildman–Crippen MR) is 81.4 cm³/mol. The molecule has 0 bridgehead atoms. The molecule has 1 amide bonds. The van der Waals surface area contributed by atoms with Crippen molar-refractivity contribution in [1.29, 1.82) is 0 Å². The van der Waals surface area contributed by atoms with Crippen LogP contribution in [0.25, 0.3) is 0 Å². The van der Waals surface area contributed by atoms with E-state index in [1.54, 1.807) is 0 Å². The molecule has 1 unspecified atom stereocenters. The minimum atomic E-state index is -0.534. The summed E-state index contributed by atoms with van der Waals surface area (Å²) in [5, 5.41) is 2.82. The number of fused-ring (bicyclic) bond motifs is 1. The average molecular weight is 289 g/mol. The highest BCUT2D eigenvalue weighted by molar-refractivity contribution is 5.83. The van der Waals surface area contributed by atoms with E-state index in [9.17, 15) is 9.59 Å². The number of rotatable bonds is 1. The van der Waals surface area contributed by atoms with Gasteiger partial charge in [-0.15, -0.1) is 0 Å². The fourth-order valence-corrected chi connectivity index (χ4v) is 2.59. The molecule has 1 N–H and O–H groups in total. The van der Waals surface area contributed by atoms with Gasteiger partial charge in [-0.3, -0.25) is 4.79 Å². The Hall–Kier alpha value is -1.84. The molecule has 2 rings (SSSR count). The number of ketones is 1. The van der Waals surface area contributed by atoms with Gasteiger partial charge in [-0.2, -0.15) is 0 Å². The first kappa shape index (κ1) is 15.5. The average Bonchev–Trinajstić information content (AvgIpc) is 2.43. The fourth-order valence-electron chi connectivity index (χ4n) is 2.59. The van der Waals surface area contributed by atoms with E-state index in [-0.39, 0.29) is 11.8 Å². The van der Waals surface area contributed by atoms with Crippen molar-refractivity contribution in [3.05, 3.63) is 34.9 Å². The number of amides is 1. The molecule has 0 saturated heterocycles. The summed E-state index contributed by atoms with van der Waals surface area (Å²) >= 11 is 0. The van der Waals surface area contributed by atoms with Crippen LogP contribution in [0.1, 0.15) is 43.9 Å². The van der Waals surface area contributed by atoms with Crippen LogP contribution in [0.2, 0.25) is 0 Å². The van der Waals surface area contributed by atoms with E-state index in [0.717, 1.165) is 11.1 Å². The van der Waals surface area contributed by atoms with Crippen LogP contribution in [0.5, 0.6) is 0 Å². The molecule has 1 aromatic carbocycles. The van der Waals surface area contributed by atoms with Gasteiger partial charge in [0.2, 0.25) is 0 Å². The first-order valence-corrected chi connectivity index (χ1v) is 7.32. The predicted octanol–water partition coefficient (Wildman–Crippen LogP) is 2.95. The molecule has 4 nitrogen and oxygen atoms in total. The van der Waals surface area contributed by atoms with E-state index in [0.29, 0.717) is 19.3 Å². The van der Waals surface area contributed by atoms with Crippen LogP contribution >= 0.6 is 0 Å². The second-order valence-electron chi connectivity index (χ2n) is 6.74. The van der Waals surface area contributed by atoms with Crippen LogP contribution in [0.4, 0.5) is 4.79 Å². The van der Waals surface area contributed by atoms with Crippen LogP contribution in [0, 0.1) is 6.92 Å². The van der Waals surface area contributed by atoms with Gasteiger partial charge >= 0.3 is 6.09 Å². The van der Waals surface area contributed by atoms with Crippen LogP contribution in [0.3, 0.4) is 0 Å². The van der Waals surface area contributed by atoms with Crippen LogP contribution in [-0.2, 0) is 22.4 Å². The van der Waals surface area contributed by atoms with Gasteiger partial charge in [-0.05, 0) is 45.2 Å². The number of hydrogen-bond donors (Lipinski definition) is 1. The zero-order valence-corrected chi connectivity index (χ0v) is 13.2. The fraction of sp³-hybridized carbons (Fsp3) is 0.529. The Morgan fingerprint density at radius 3 is 2.62 bits per heavy atom. The molecule has 0 radical (unpaired) electrons. The molecule has 1 aliphatic carbocycles. The van der Waals surface area contributed by atoms with Gasteiger partial charge in [0.1, 0.15) is 11.4 Å². The smallest absolute Gasteiger partial charge is 0.407 e. The minimum Gasteiger partial charge on any atom is -0.444 e. The summed E-state index contributed by atoms with van der Waals surface area (Å²) in [6.07, 6.45) is 1.01. The Bertz CT molecular complexity index is 558. The number of ether oxygens (including phenoxy) is 1. The van der Waals surface area contributed by atoms with E-state index in [4.69, 9.17) is 4.74 Å². The molecule has 1 aromatic rings. The Balaban J connectivity index is 2.11. The van der Waals surface area contributed by atoms with Crippen molar-refractivity contribution >= 4 is 11.9 Å². The summed E-state index contributed by atoms with van der Waals surface area (Å²) in [5.74, 6) is 0.152. The van der Waals surface area contributed by atoms with Gasteiger partial charge in [0.15, 0.2) is 0 Å². The van der Waals surface area contributed by atoms with Crippen molar-refractivity contribution in [1.82, 2.24) is 5.32 Å². The van der Waals surface area contributed by atoms with E-state index >= 15 is 0 Å². The first-order chi connectivity index (χ1) is 9.73. The van der Waals surface area contributed by atoms with Gasteiger partial charge in [0.25, 0.3) is 0 Å². The number of carbonyl (C=O) groups excluding carboxylic acids is 2. The highest BCUT2D eigenvalue weighted by Crippen LogP contribution is 2.21. The summed E-state index contributed by atoms with van der Waals surface area (Å²) in [5.41, 5.74) is 2.84. The summed E-state index contributed by atoms with van der Waals surface area (Å²) in [4.78, 5) is 23.9. The van der Waals surface area contributed by atoms with Gasteiger partial charge < -0.3 is 10.1 Å². The second-order valence-corrected chi connectivity index (χ2v) is 6.74. The van der Waals surface area contributed by atoms with Crippen LogP contribution in [0.15, 0.2) is 18.2 Å². The zero-order valence-electron chi connectivity index (χ0n) is 13.2. The number of nitrogens with one attached hydrogen (secondary N) is 1. The Morgan fingerprint density at radius 1 is 1.24 bits per heavy atom. The van der Waals surface area contributed by atoms with Crippen LogP contribution < -0.4 is 5.32 Å². The molecule has 0 heterocycles. The molecule has 0 fully saturated rings. The molecule has 0 saturated carbocycles. The van der Waals surface area contributed by atoms with Crippen molar-refractivity contribution in [3.63, 3.8) is 0 Å². The van der Waals surface area contributed by atoms with Crippen LogP contribution in [-0.4, -0.2) is 23.5 Å². The molecule has 114 valence electrons. The second kappa shape index (κ2) is 5.88. The minimum absolute atomic E-state index is 0.152. The molecule has 1 aliphatic rings. The Labute approximate surface area is 125 Å². The number of hydrogen-bond acceptors (Lipinski definition) is 3. The van der Waals surface area contributed by atoms with Crippen molar-refractivity contribution in [2.24, 2.45) is 0 Å². The third-order valence-corrected chi connectivity index (χ3v) is 3.41. The summed E-state index contributed by atoms with van der Waals surface area (Å²) in [7, 11) is 0. The summed E-state index contributed by atoms with van der Waals surface area (Å²) in [6, 6.07) is 5.93. The van der Waals surface area contributed by atoms with Gasteiger partial charge in [0, 0.05) is 18.9 Å². The standard InChI is InChI=1S/C17H23NO3/c1-11-5-6-12-9-15(19)10-14(8-13(12)7-11)18-16(20)21-17(2,3)4/h5-7,14H,8-10H2,1-4H3,(H,18,20). The maximum atomic E-state index is 12.0. The normalized spacial score (nSPS) is 18.7. The first-order valence-electron chi connectivity index (χ1n) is 7.32. The van der Waals surface area contributed by atoms with Gasteiger partial charge in [-0.1, -0.05) is 23.8 Å².